The summed E-state index contributed by atoms with van der Waals surface area (Å²) in [5, 5.41) is 0. The quantitative estimate of drug-likeness (QED) is 0.0261. The molecule has 0 heterocycles. The van der Waals surface area contributed by atoms with Gasteiger partial charge >= 0.3 is 17.9 Å². The summed E-state index contributed by atoms with van der Waals surface area (Å²) < 4.78 is 16.8. The van der Waals surface area contributed by atoms with Crippen LogP contribution in [0.1, 0.15) is 290 Å². The summed E-state index contributed by atoms with van der Waals surface area (Å²) in [6.45, 7) is 6.48. The fraction of sp³-hybridized carbons (Fsp3) is 0.738. The van der Waals surface area contributed by atoms with Crippen molar-refractivity contribution in [3.63, 3.8) is 0 Å². The van der Waals surface area contributed by atoms with E-state index in [4.69, 9.17) is 14.2 Å². The number of ether oxygens (including phenoxy) is 3. The molecule has 0 saturated heterocycles. The normalized spacial score (nSPS) is 12.7. The number of hydrogen-bond acceptors (Lipinski definition) is 6. The van der Waals surface area contributed by atoms with E-state index in [-0.39, 0.29) is 37.5 Å². The SMILES string of the molecule is CC/C=C\C/C=C\C/C=C\C/C=C\C/C=C\C/C=C\CCC(=O)OC[C@H](COC(=O)CCCCCCCCCCCCCCCCCCCCC)OC(=O)CCCCCCCCC/C=C\CCCCCC. The predicted molar refractivity (Wildman–Crippen MR) is 307 cm³/mol. The van der Waals surface area contributed by atoms with Crippen LogP contribution < -0.4 is 0 Å². The highest BCUT2D eigenvalue weighted by atomic mass is 16.6. The Bertz CT molecular complexity index is 1370. The minimum atomic E-state index is -0.809. The Morgan fingerprint density at radius 3 is 0.958 bits per heavy atom. The average Bonchev–Trinajstić information content (AvgIpc) is 3.37. The van der Waals surface area contributed by atoms with Gasteiger partial charge in [0.05, 0.1) is 0 Å². The fourth-order valence-electron chi connectivity index (χ4n) is 8.41. The Morgan fingerprint density at radius 1 is 0.296 bits per heavy atom. The van der Waals surface area contributed by atoms with E-state index in [1.165, 1.54) is 167 Å². The standard InChI is InChI=1S/C65H112O6/c1-4-7-10-13-16-19-22-25-28-30-32-34-37-39-42-45-48-51-54-57-63(66)69-60-62(71-65(68)59-56-53-50-47-44-41-36-27-24-21-18-15-12-9-6-3)61-70-64(67)58-55-52-49-46-43-40-38-35-33-31-29-26-23-20-17-14-11-8-5-2/h7,10,16,19,21,24-25,28,32,34,39,42,48,51,62H,4-6,8-9,11-15,17-18,20,22-23,26-27,29-31,33,35-38,40-41,43-47,49-50,52-61H2,1-3H3/b10-7-,19-16-,24-21-,28-25-,34-32-,42-39-,51-48-/t62-/m1/s1. The van der Waals surface area contributed by atoms with Crippen LogP contribution in [0.4, 0.5) is 0 Å². The number of unbranched alkanes of at least 4 members (excludes halogenated alkanes) is 29. The number of carbonyl (C=O) groups is 3. The molecule has 0 fully saturated rings. The van der Waals surface area contributed by atoms with Crippen molar-refractivity contribution in [2.45, 2.75) is 297 Å². The van der Waals surface area contributed by atoms with E-state index in [0.29, 0.717) is 19.3 Å². The zero-order chi connectivity index (χ0) is 51.4. The van der Waals surface area contributed by atoms with Gasteiger partial charge in [0.15, 0.2) is 6.10 Å². The highest BCUT2D eigenvalue weighted by Crippen LogP contribution is 2.16. The molecule has 6 heteroatoms. The van der Waals surface area contributed by atoms with Crippen LogP contribution in [0.5, 0.6) is 0 Å². The molecule has 0 aromatic heterocycles. The highest BCUT2D eigenvalue weighted by Gasteiger charge is 2.19. The maximum atomic E-state index is 12.9. The van der Waals surface area contributed by atoms with Crippen LogP contribution in [0, 0.1) is 0 Å². The van der Waals surface area contributed by atoms with Crippen molar-refractivity contribution < 1.29 is 28.6 Å². The maximum Gasteiger partial charge on any atom is 0.306 e. The molecule has 1 atom stereocenters. The van der Waals surface area contributed by atoms with Gasteiger partial charge in [0, 0.05) is 19.3 Å². The van der Waals surface area contributed by atoms with Gasteiger partial charge in [0.25, 0.3) is 0 Å². The van der Waals surface area contributed by atoms with Crippen LogP contribution in [-0.4, -0.2) is 37.2 Å². The summed E-state index contributed by atoms with van der Waals surface area (Å²) in [5.74, 6) is -0.981. The molecule has 0 unspecified atom stereocenters. The van der Waals surface area contributed by atoms with Crippen LogP contribution >= 0.6 is 0 Å². The monoisotopic (exact) mass is 989 g/mol. The lowest BCUT2D eigenvalue weighted by Crippen LogP contribution is -2.30. The third-order valence-corrected chi connectivity index (χ3v) is 12.9. The Morgan fingerprint density at radius 2 is 0.577 bits per heavy atom. The van der Waals surface area contributed by atoms with Gasteiger partial charge in [-0.05, 0) is 83.5 Å². The zero-order valence-corrected chi connectivity index (χ0v) is 46.7. The second kappa shape index (κ2) is 59.2. The molecule has 0 bridgehead atoms. The second-order valence-corrected chi connectivity index (χ2v) is 19.9. The molecular formula is C65H112O6. The van der Waals surface area contributed by atoms with Gasteiger partial charge in [0.1, 0.15) is 13.2 Å². The van der Waals surface area contributed by atoms with Crippen LogP contribution in [-0.2, 0) is 28.6 Å². The average molecular weight is 990 g/mol. The lowest BCUT2D eigenvalue weighted by molar-refractivity contribution is -0.166. The minimum absolute atomic E-state index is 0.0990. The minimum Gasteiger partial charge on any atom is -0.462 e. The van der Waals surface area contributed by atoms with Gasteiger partial charge in [-0.2, -0.15) is 0 Å². The van der Waals surface area contributed by atoms with E-state index in [9.17, 15) is 14.4 Å². The van der Waals surface area contributed by atoms with E-state index < -0.39 is 6.10 Å². The van der Waals surface area contributed by atoms with Gasteiger partial charge in [-0.15, -0.1) is 0 Å². The summed E-state index contributed by atoms with van der Waals surface area (Å²) in [6.07, 6.45) is 77.3. The first-order valence-corrected chi connectivity index (χ1v) is 30.1. The summed E-state index contributed by atoms with van der Waals surface area (Å²) in [5.41, 5.74) is 0. The summed E-state index contributed by atoms with van der Waals surface area (Å²) >= 11 is 0. The Labute approximate surface area is 439 Å². The lowest BCUT2D eigenvalue weighted by atomic mass is 10.0. The molecular weight excluding hydrogens is 877 g/mol. The molecule has 0 aliphatic rings. The first-order valence-electron chi connectivity index (χ1n) is 30.1. The van der Waals surface area contributed by atoms with Crippen molar-refractivity contribution in [3.8, 4) is 0 Å². The second-order valence-electron chi connectivity index (χ2n) is 19.9. The van der Waals surface area contributed by atoms with Crippen molar-refractivity contribution in [1.29, 1.82) is 0 Å². The first kappa shape index (κ1) is 67.6. The third kappa shape index (κ3) is 57.4. The molecule has 71 heavy (non-hydrogen) atoms. The van der Waals surface area contributed by atoms with Crippen molar-refractivity contribution >= 4 is 17.9 Å². The molecule has 408 valence electrons. The molecule has 0 spiro atoms. The van der Waals surface area contributed by atoms with Crippen LogP contribution in [0.15, 0.2) is 85.1 Å². The van der Waals surface area contributed by atoms with Crippen molar-refractivity contribution in [2.75, 3.05) is 13.2 Å². The van der Waals surface area contributed by atoms with Crippen molar-refractivity contribution in [3.05, 3.63) is 85.1 Å². The van der Waals surface area contributed by atoms with Gasteiger partial charge in [0.2, 0.25) is 0 Å². The molecule has 0 rings (SSSR count). The van der Waals surface area contributed by atoms with Gasteiger partial charge in [-0.25, -0.2) is 0 Å². The largest absolute Gasteiger partial charge is 0.462 e. The molecule has 0 aliphatic heterocycles. The maximum absolute atomic E-state index is 12.9. The fourth-order valence-corrected chi connectivity index (χ4v) is 8.41. The highest BCUT2D eigenvalue weighted by molar-refractivity contribution is 5.71. The molecule has 6 nitrogen and oxygen atoms in total. The number of rotatable bonds is 54. The van der Waals surface area contributed by atoms with E-state index in [0.717, 1.165) is 77.0 Å². The smallest absolute Gasteiger partial charge is 0.306 e. The molecule has 0 N–H and O–H groups in total. The molecule has 0 aromatic rings. The molecule has 0 aliphatic carbocycles. The first-order chi connectivity index (χ1) is 35.0. The van der Waals surface area contributed by atoms with Gasteiger partial charge in [-0.1, -0.05) is 273 Å². The van der Waals surface area contributed by atoms with E-state index in [2.05, 4.69) is 99.8 Å². The van der Waals surface area contributed by atoms with Crippen LogP contribution in [0.3, 0.4) is 0 Å². The summed E-state index contributed by atoms with van der Waals surface area (Å²) in [4.78, 5) is 38.2. The molecule has 0 aromatic carbocycles. The Kier molecular flexibility index (Phi) is 56.3. The number of carbonyl (C=O) groups excluding carboxylic acids is 3. The van der Waals surface area contributed by atoms with Crippen molar-refractivity contribution in [2.24, 2.45) is 0 Å². The Hall–Kier alpha value is -3.41. The zero-order valence-electron chi connectivity index (χ0n) is 46.7. The van der Waals surface area contributed by atoms with Crippen LogP contribution in [0.25, 0.3) is 0 Å². The van der Waals surface area contributed by atoms with Gasteiger partial charge < -0.3 is 14.2 Å². The number of esters is 3. The molecule has 0 amide bonds. The van der Waals surface area contributed by atoms with E-state index >= 15 is 0 Å². The van der Waals surface area contributed by atoms with Crippen molar-refractivity contribution in [1.82, 2.24) is 0 Å². The summed E-state index contributed by atoms with van der Waals surface area (Å²) in [6, 6.07) is 0. The van der Waals surface area contributed by atoms with E-state index in [1.54, 1.807) is 0 Å². The topological polar surface area (TPSA) is 78.9 Å². The lowest BCUT2D eigenvalue weighted by Gasteiger charge is -2.18. The molecule has 0 saturated carbocycles. The number of allylic oxidation sites excluding steroid dienone is 14. The predicted octanol–water partition coefficient (Wildman–Crippen LogP) is 20.3. The van der Waals surface area contributed by atoms with E-state index in [1.807, 2.05) is 6.08 Å². The Balaban J connectivity index is 4.45. The molecule has 0 radical (unpaired) electrons. The number of hydrogen-bond donors (Lipinski definition) is 0. The van der Waals surface area contributed by atoms with Crippen LogP contribution in [0.2, 0.25) is 0 Å². The third-order valence-electron chi connectivity index (χ3n) is 12.9. The van der Waals surface area contributed by atoms with Gasteiger partial charge in [-0.3, -0.25) is 14.4 Å². The summed E-state index contributed by atoms with van der Waals surface area (Å²) in [7, 11) is 0.